The fourth-order valence-corrected chi connectivity index (χ4v) is 1.75. The van der Waals surface area contributed by atoms with Gasteiger partial charge in [-0.05, 0) is 24.1 Å². The highest BCUT2D eigenvalue weighted by atomic mass is 16.5. The van der Waals surface area contributed by atoms with Gasteiger partial charge >= 0.3 is 0 Å². The molecule has 0 atom stereocenters. The molecule has 20 heavy (non-hydrogen) atoms. The molecular weight excluding hydrogens is 258 g/mol. The lowest BCUT2D eigenvalue weighted by Gasteiger charge is -2.12. The Hall–Kier alpha value is -2.17. The largest absolute Gasteiger partial charge is 0.493 e. The minimum absolute atomic E-state index is 0.0221. The minimum Gasteiger partial charge on any atom is -0.493 e. The highest BCUT2D eigenvalue weighted by Crippen LogP contribution is 2.38. The van der Waals surface area contributed by atoms with E-state index in [0.717, 1.165) is 12.0 Å². The van der Waals surface area contributed by atoms with Gasteiger partial charge in [0, 0.05) is 13.5 Å². The van der Waals surface area contributed by atoms with E-state index in [9.17, 15) is 4.79 Å². The van der Waals surface area contributed by atoms with Crippen LogP contribution < -0.4 is 19.5 Å². The SMILES string of the molecule is COc1cc(C=CCCNC(C)=O)cc(OC)c1OC. The van der Waals surface area contributed by atoms with Gasteiger partial charge in [-0.1, -0.05) is 12.2 Å². The van der Waals surface area contributed by atoms with Crippen molar-refractivity contribution in [2.45, 2.75) is 13.3 Å². The third-order valence-electron chi connectivity index (χ3n) is 2.68. The van der Waals surface area contributed by atoms with Gasteiger partial charge in [-0.3, -0.25) is 4.79 Å². The monoisotopic (exact) mass is 279 g/mol. The average molecular weight is 279 g/mol. The first kappa shape index (κ1) is 15.9. The van der Waals surface area contributed by atoms with Crippen LogP contribution in [-0.2, 0) is 4.79 Å². The van der Waals surface area contributed by atoms with Gasteiger partial charge in [0.15, 0.2) is 11.5 Å². The topological polar surface area (TPSA) is 56.8 Å². The van der Waals surface area contributed by atoms with Crippen LogP contribution in [0.2, 0.25) is 0 Å². The van der Waals surface area contributed by atoms with Gasteiger partial charge in [0.25, 0.3) is 0 Å². The number of carbonyl (C=O) groups excluding carboxylic acids is 1. The quantitative estimate of drug-likeness (QED) is 0.778. The zero-order valence-corrected chi connectivity index (χ0v) is 12.4. The molecule has 0 bridgehead atoms. The summed E-state index contributed by atoms with van der Waals surface area (Å²) in [6, 6.07) is 3.74. The Morgan fingerprint density at radius 2 is 1.75 bits per heavy atom. The highest BCUT2D eigenvalue weighted by molar-refractivity contribution is 5.72. The second-order valence-electron chi connectivity index (χ2n) is 4.13. The molecule has 0 heterocycles. The van der Waals surface area contributed by atoms with Crippen molar-refractivity contribution in [3.05, 3.63) is 23.8 Å². The van der Waals surface area contributed by atoms with Gasteiger partial charge in [0.2, 0.25) is 11.7 Å². The maximum absolute atomic E-state index is 10.7. The first-order valence-electron chi connectivity index (χ1n) is 6.33. The van der Waals surface area contributed by atoms with Crippen molar-refractivity contribution in [1.29, 1.82) is 0 Å². The number of hydrogen-bond acceptors (Lipinski definition) is 4. The second kappa shape index (κ2) is 8.09. The first-order chi connectivity index (χ1) is 9.62. The molecule has 0 spiro atoms. The Kier molecular flexibility index (Phi) is 6.43. The van der Waals surface area contributed by atoms with E-state index in [2.05, 4.69) is 5.32 Å². The van der Waals surface area contributed by atoms with Gasteiger partial charge in [-0.25, -0.2) is 0 Å². The summed E-state index contributed by atoms with van der Waals surface area (Å²) in [6.45, 7) is 2.12. The molecule has 0 fully saturated rings. The molecular formula is C15H21NO4. The number of methoxy groups -OCH3 is 3. The second-order valence-corrected chi connectivity index (χ2v) is 4.13. The number of hydrogen-bond donors (Lipinski definition) is 1. The molecule has 1 aromatic carbocycles. The van der Waals surface area contributed by atoms with Crippen molar-refractivity contribution in [1.82, 2.24) is 5.32 Å². The fourth-order valence-electron chi connectivity index (χ4n) is 1.75. The van der Waals surface area contributed by atoms with E-state index in [1.54, 1.807) is 21.3 Å². The van der Waals surface area contributed by atoms with E-state index in [-0.39, 0.29) is 5.91 Å². The van der Waals surface area contributed by atoms with Gasteiger partial charge in [-0.2, -0.15) is 0 Å². The van der Waals surface area contributed by atoms with Gasteiger partial charge in [0.1, 0.15) is 0 Å². The van der Waals surface area contributed by atoms with Crippen LogP contribution in [0, 0.1) is 0 Å². The molecule has 0 aliphatic carbocycles. The summed E-state index contributed by atoms with van der Waals surface area (Å²) in [5.74, 6) is 1.79. The van der Waals surface area contributed by atoms with Crippen LogP contribution in [0.3, 0.4) is 0 Å². The third-order valence-corrected chi connectivity index (χ3v) is 2.68. The molecule has 5 nitrogen and oxygen atoms in total. The summed E-state index contributed by atoms with van der Waals surface area (Å²) in [6.07, 6.45) is 4.69. The molecule has 1 aromatic rings. The lowest BCUT2D eigenvalue weighted by atomic mass is 10.1. The van der Waals surface area contributed by atoms with Gasteiger partial charge in [-0.15, -0.1) is 0 Å². The lowest BCUT2D eigenvalue weighted by molar-refractivity contribution is -0.118. The van der Waals surface area contributed by atoms with E-state index in [1.165, 1.54) is 6.92 Å². The molecule has 0 aromatic heterocycles. The summed E-state index contributed by atoms with van der Waals surface area (Å²) in [5, 5.41) is 2.74. The average Bonchev–Trinajstić information content (AvgIpc) is 2.45. The Morgan fingerprint density at radius 1 is 1.15 bits per heavy atom. The summed E-state index contributed by atoms with van der Waals surface area (Å²) in [5.41, 5.74) is 0.947. The summed E-state index contributed by atoms with van der Waals surface area (Å²) in [7, 11) is 4.74. The van der Waals surface area contributed by atoms with Crippen LogP contribution in [0.5, 0.6) is 17.2 Å². The van der Waals surface area contributed by atoms with E-state index >= 15 is 0 Å². The fraction of sp³-hybridized carbons (Fsp3) is 0.400. The van der Waals surface area contributed by atoms with Crippen molar-refractivity contribution >= 4 is 12.0 Å². The molecule has 0 aliphatic rings. The van der Waals surface area contributed by atoms with Crippen molar-refractivity contribution < 1.29 is 19.0 Å². The molecule has 110 valence electrons. The predicted octanol–water partition coefficient (Wildman–Crippen LogP) is 2.25. The molecule has 0 saturated carbocycles. The maximum Gasteiger partial charge on any atom is 0.216 e. The summed E-state index contributed by atoms with van der Waals surface area (Å²) < 4.78 is 15.8. The van der Waals surface area contributed by atoms with Crippen LogP contribution in [0.4, 0.5) is 0 Å². The van der Waals surface area contributed by atoms with Crippen molar-refractivity contribution in [3.8, 4) is 17.2 Å². The van der Waals surface area contributed by atoms with E-state index < -0.39 is 0 Å². The zero-order valence-electron chi connectivity index (χ0n) is 12.4. The highest BCUT2D eigenvalue weighted by Gasteiger charge is 2.11. The molecule has 0 saturated heterocycles. The number of benzene rings is 1. The Balaban J connectivity index is 2.80. The number of carbonyl (C=O) groups is 1. The first-order valence-corrected chi connectivity index (χ1v) is 6.33. The van der Waals surface area contributed by atoms with Gasteiger partial charge in [0.05, 0.1) is 21.3 Å². The number of rotatable bonds is 7. The minimum atomic E-state index is -0.0221. The van der Waals surface area contributed by atoms with E-state index in [4.69, 9.17) is 14.2 Å². The molecule has 0 unspecified atom stereocenters. The van der Waals surface area contributed by atoms with Crippen molar-refractivity contribution in [2.75, 3.05) is 27.9 Å². The van der Waals surface area contributed by atoms with Crippen LogP contribution in [0.25, 0.3) is 6.08 Å². The number of ether oxygens (including phenoxy) is 3. The Morgan fingerprint density at radius 3 is 2.20 bits per heavy atom. The Labute approximate surface area is 119 Å². The predicted molar refractivity (Wildman–Crippen MR) is 78.4 cm³/mol. The molecule has 1 N–H and O–H groups in total. The van der Waals surface area contributed by atoms with E-state index in [0.29, 0.717) is 23.8 Å². The maximum atomic E-state index is 10.7. The Bertz CT molecular complexity index is 458. The lowest BCUT2D eigenvalue weighted by Crippen LogP contribution is -2.20. The molecule has 0 radical (unpaired) electrons. The van der Waals surface area contributed by atoms with Crippen LogP contribution in [0.1, 0.15) is 18.9 Å². The van der Waals surface area contributed by atoms with Crippen molar-refractivity contribution in [2.24, 2.45) is 0 Å². The standard InChI is InChI=1S/C15H21NO4/c1-11(17)16-8-6-5-7-12-9-13(18-2)15(20-4)14(10-12)19-3/h5,7,9-10H,6,8H2,1-4H3,(H,16,17). The van der Waals surface area contributed by atoms with E-state index in [1.807, 2.05) is 24.3 Å². The normalized spacial score (nSPS) is 10.4. The number of amides is 1. The molecule has 0 aliphatic heterocycles. The summed E-state index contributed by atoms with van der Waals surface area (Å²) in [4.78, 5) is 10.7. The summed E-state index contributed by atoms with van der Waals surface area (Å²) >= 11 is 0. The molecule has 1 amide bonds. The van der Waals surface area contributed by atoms with Crippen LogP contribution in [-0.4, -0.2) is 33.8 Å². The molecule has 1 rings (SSSR count). The van der Waals surface area contributed by atoms with Crippen molar-refractivity contribution in [3.63, 3.8) is 0 Å². The third kappa shape index (κ3) is 4.50. The molecule has 5 heteroatoms. The van der Waals surface area contributed by atoms with Gasteiger partial charge < -0.3 is 19.5 Å². The van der Waals surface area contributed by atoms with Crippen LogP contribution in [0.15, 0.2) is 18.2 Å². The smallest absolute Gasteiger partial charge is 0.216 e. The van der Waals surface area contributed by atoms with Crippen LogP contribution >= 0.6 is 0 Å². The zero-order chi connectivity index (χ0) is 15.0. The number of nitrogens with one attached hydrogen (secondary N) is 1.